The maximum atomic E-state index is 13.4. The maximum Gasteiger partial charge on any atom is 0.267 e. The van der Waals surface area contributed by atoms with Crippen LogP contribution in [0.3, 0.4) is 0 Å². The van der Waals surface area contributed by atoms with E-state index in [2.05, 4.69) is 15.0 Å². The molecule has 2 aromatic heterocycles. The number of carbonyl (C=O) groups is 1. The number of hydrogen-bond donors (Lipinski definition) is 2. The fourth-order valence-electron chi connectivity index (χ4n) is 2.78. The number of sulfonamides is 1. The second-order valence-electron chi connectivity index (χ2n) is 6.66. The molecule has 2 N–H and O–H groups in total. The predicted molar refractivity (Wildman–Crippen MR) is 122 cm³/mol. The van der Waals surface area contributed by atoms with Crippen molar-refractivity contribution in [1.82, 2.24) is 4.98 Å². The van der Waals surface area contributed by atoms with Crippen LogP contribution in [0.25, 0.3) is 10.6 Å². The summed E-state index contributed by atoms with van der Waals surface area (Å²) in [6.45, 7) is 1.76. The average molecular weight is 492 g/mol. The van der Waals surface area contributed by atoms with E-state index in [9.17, 15) is 22.0 Å². The van der Waals surface area contributed by atoms with Crippen LogP contribution in [-0.2, 0) is 10.0 Å². The first kappa shape index (κ1) is 22.1. The van der Waals surface area contributed by atoms with E-state index in [1.54, 1.807) is 18.3 Å². The van der Waals surface area contributed by atoms with Crippen molar-refractivity contribution in [1.29, 1.82) is 0 Å². The SMILES string of the molecule is Cc1nc(-c2ccsc2)sc1C(=O)Nc1ccc(NS(=O)(=O)c2ccc(F)c(F)c2)cc1. The molecule has 0 saturated heterocycles. The molecule has 0 atom stereocenters. The summed E-state index contributed by atoms with van der Waals surface area (Å²) in [5.41, 5.74) is 2.22. The Kier molecular flexibility index (Phi) is 6.04. The van der Waals surface area contributed by atoms with Gasteiger partial charge in [-0.1, -0.05) is 0 Å². The molecule has 32 heavy (non-hydrogen) atoms. The number of anilines is 2. The third-order valence-corrected chi connectivity index (χ3v) is 7.63. The molecule has 4 aromatic rings. The zero-order valence-corrected chi connectivity index (χ0v) is 18.9. The van der Waals surface area contributed by atoms with E-state index in [-0.39, 0.29) is 11.6 Å². The molecule has 0 aliphatic carbocycles. The monoisotopic (exact) mass is 491 g/mol. The zero-order chi connectivity index (χ0) is 22.9. The lowest BCUT2D eigenvalue weighted by molar-refractivity contribution is 0.103. The van der Waals surface area contributed by atoms with E-state index in [1.807, 2.05) is 16.8 Å². The van der Waals surface area contributed by atoms with Crippen molar-refractivity contribution in [3.8, 4) is 10.6 Å². The van der Waals surface area contributed by atoms with Gasteiger partial charge in [-0.2, -0.15) is 11.3 Å². The van der Waals surface area contributed by atoms with Crippen LogP contribution in [0.15, 0.2) is 64.2 Å². The number of nitrogens with one attached hydrogen (secondary N) is 2. The second kappa shape index (κ2) is 8.77. The molecule has 0 bridgehead atoms. The summed E-state index contributed by atoms with van der Waals surface area (Å²) in [5, 5.41) is 7.42. The Balaban J connectivity index is 1.46. The van der Waals surface area contributed by atoms with Gasteiger partial charge in [-0.05, 0) is 60.8 Å². The number of benzene rings is 2. The Bertz CT molecular complexity index is 1380. The smallest absolute Gasteiger partial charge is 0.267 e. The molecule has 0 unspecified atom stereocenters. The number of rotatable bonds is 6. The Hall–Kier alpha value is -3.15. The molecule has 0 spiro atoms. The van der Waals surface area contributed by atoms with Gasteiger partial charge in [0, 0.05) is 22.3 Å². The molecule has 2 heterocycles. The molecular weight excluding hydrogens is 476 g/mol. The van der Waals surface area contributed by atoms with E-state index >= 15 is 0 Å². The lowest BCUT2D eigenvalue weighted by Crippen LogP contribution is -2.14. The van der Waals surface area contributed by atoms with Crippen molar-refractivity contribution < 1.29 is 22.0 Å². The normalized spacial score (nSPS) is 11.3. The van der Waals surface area contributed by atoms with Gasteiger partial charge in [0.15, 0.2) is 11.6 Å². The second-order valence-corrected chi connectivity index (χ2v) is 10.1. The third kappa shape index (κ3) is 4.69. The minimum Gasteiger partial charge on any atom is -0.321 e. The van der Waals surface area contributed by atoms with E-state index in [1.165, 1.54) is 35.6 Å². The van der Waals surface area contributed by atoms with Crippen LogP contribution >= 0.6 is 22.7 Å². The highest BCUT2D eigenvalue weighted by Gasteiger charge is 2.18. The summed E-state index contributed by atoms with van der Waals surface area (Å²) < 4.78 is 53.5. The average Bonchev–Trinajstić information content (AvgIpc) is 3.41. The summed E-state index contributed by atoms with van der Waals surface area (Å²) in [6.07, 6.45) is 0. The lowest BCUT2D eigenvalue weighted by atomic mass is 10.2. The first-order chi connectivity index (χ1) is 15.2. The van der Waals surface area contributed by atoms with Crippen LogP contribution in [0.4, 0.5) is 20.2 Å². The fourth-order valence-corrected chi connectivity index (χ4v) is 5.53. The van der Waals surface area contributed by atoms with Crippen LogP contribution in [0.2, 0.25) is 0 Å². The maximum absolute atomic E-state index is 13.4. The molecule has 1 amide bonds. The molecule has 0 aliphatic heterocycles. The van der Waals surface area contributed by atoms with Crippen LogP contribution < -0.4 is 10.0 Å². The highest BCUT2D eigenvalue weighted by Crippen LogP contribution is 2.30. The van der Waals surface area contributed by atoms with Gasteiger partial charge in [0.1, 0.15) is 9.88 Å². The van der Waals surface area contributed by atoms with Crippen LogP contribution in [0.5, 0.6) is 0 Å². The van der Waals surface area contributed by atoms with Gasteiger partial charge in [0.2, 0.25) is 0 Å². The number of aryl methyl sites for hydroxylation is 1. The number of amides is 1. The lowest BCUT2D eigenvalue weighted by Gasteiger charge is -2.10. The van der Waals surface area contributed by atoms with Crippen LogP contribution in [0, 0.1) is 18.6 Å². The summed E-state index contributed by atoms with van der Waals surface area (Å²) in [7, 11) is -4.11. The summed E-state index contributed by atoms with van der Waals surface area (Å²) >= 11 is 2.84. The number of aromatic nitrogens is 1. The van der Waals surface area contributed by atoms with Crippen molar-refractivity contribution in [2.45, 2.75) is 11.8 Å². The Labute approximate surface area is 190 Å². The largest absolute Gasteiger partial charge is 0.321 e. The minimum atomic E-state index is -4.11. The molecule has 11 heteroatoms. The van der Waals surface area contributed by atoms with Crippen molar-refractivity contribution in [3.63, 3.8) is 0 Å². The molecule has 2 aromatic carbocycles. The number of thiophene rings is 1. The molecule has 0 radical (unpaired) electrons. The highest BCUT2D eigenvalue weighted by molar-refractivity contribution is 7.92. The molecule has 0 saturated carbocycles. The van der Waals surface area contributed by atoms with E-state index in [0.717, 1.165) is 22.7 Å². The number of hydrogen-bond acceptors (Lipinski definition) is 6. The van der Waals surface area contributed by atoms with Gasteiger partial charge in [0.05, 0.1) is 10.6 Å². The predicted octanol–water partition coefficient (Wildman–Crippen LogP) is 5.51. The Morgan fingerprint density at radius 1 is 1.00 bits per heavy atom. The summed E-state index contributed by atoms with van der Waals surface area (Å²) in [5.74, 6) is -2.72. The standard InChI is InChI=1S/C21H15F2N3O3S3/c1-12-19(31-21(24-12)13-8-9-30-11-13)20(27)25-14-2-4-15(5-3-14)26-32(28,29)16-6-7-17(22)18(23)10-16/h2-11,26H,1H3,(H,25,27). The van der Waals surface area contributed by atoms with Crippen molar-refractivity contribution in [2.75, 3.05) is 10.0 Å². The van der Waals surface area contributed by atoms with Gasteiger partial charge in [0.25, 0.3) is 15.9 Å². The van der Waals surface area contributed by atoms with Gasteiger partial charge < -0.3 is 5.32 Å². The molecule has 4 rings (SSSR count). The minimum absolute atomic E-state index is 0.196. The first-order valence-electron chi connectivity index (χ1n) is 9.12. The Morgan fingerprint density at radius 2 is 1.72 bits per heavy atom. The van der Waals surface area contributed by atoms with Crippen LogP contribution in [0.1, 0.15) is 15.4 Å². The molecular formula is C21H15F2N3O3S3. The van der Waals surface area contributed by atoms with E-state index in [4.69, 9.17) is 0 Å². The van der Waals surface area contributed by atoms with E-state index in [0.29, 0.717) is 22.3 Å². The quantitative estimate of drug-likeness (QED) is 0.372. The van der Waals surface area contributed by atoms with Gasteiger partial charge >= 0.3 is 0 Å². The molecule has 0 fully saturated rings. The number of nitrogens with zero attached hydrogens (tertiary/aromatic N) is 1. The van der Waals surface area contributed by atoms with Crippen molar-refractivity contribution in [3.05, 3.63) is 81.5 Å². The van der Waals surface area contributed by atoms with Crippen LogP contribution in [-0.4, -0.2) is 19.3 Å². The molecule has 0 aliphatic rings. The number of thiazole rings is 1. The first-order valence-corrected chi connectivity index (χ1v) is 12.4. The number of carbonyl (C=O) groups excluding carboxylic acids is 1. The van der Waals surface area contributed by atoms with Gasteiger partial charge in [-0.15, -0.1) is 11.3 Å². The van der Waals surface area contributed by atoms with E-state index < -0.39 is 26.6 Å². The topological polar surface area (TPSA) is 88.2 Å². The third-order valence-electron chi connectivity index (χ3n) is 4.37. The van der Waals surface area contributed by atoms with Gasteiger partial charge in [-0.25, -0.2) is 22.2 Å². The van der Waals surface area contributed by atoms with Gasteiger partial charge in [-0.3, -0.25) is 9.52 Å². The summed E-state index contributed by atoms with van der Waals surface area (Å²) in [4.78, 5) is 17.2. The van der Waals surface area contributed by atoms with Crippen molar-refractivity contribution >= 4 is 50.0 Å². The molecule has 6 nitrogen and oxygen atoms in total. The summed E-state index contributed by atoms with van der Waals surface area (Å²) in [6, 6.07) is 10.2. The van der Waals surface area contributed by atoms with Crippen molar-refractivity contribution in [2.24, 2.45) is 0 Å². The zero-order valence-electron chi connectivity index (χ0n) is 16.4. The highest BCUT2D eigenvalue weighted by atomic mass is 32.2. The molecule has 164 valence electrons. The fraction of sp³-hybridized carbons (Fsp3) is 0.0476. The number of halogens is 2. The Morgan fingerprint density at radius 3 is 2.38 bits per heavy atom.